The van der Waals surface area contributed by atoms with Crippen LogP contribution in [-0.2, 0) is 19.4 Å². The first-order valence-electron chi connectivity index (χ1n) is 10.8. The molecule has 0 fully saturated rings. The molecule has 1 atom stereocenters. The van der Waals surface area contributed by atoms with Gasteiger partial charge in [-0.3, -0.25) is 9.89 Å². The predicted molar refractivity (Wildman–Crippen MR) is 122 cm³/mol. The quantitative estimate of drug-likeness (QED) is 0.437. The normalized spacial score (nSPS) is 15.4. The molecule has 2 aromatic carbocycles. The summed E-state index contributed by atoms with van der Waals surface area (Å²) in [5.74, 6) is 1.61. The lowest BCUT2D eigenvalue weighted by molar-refractivity contribution is 0.111. The van der Waals surface area contributed by atoms with Gasteiger partial charge in [-0.2, -0.15) is 0 Å². The summed E-state index contributed by atoms with van der Waals surface area (Å²) in [4.78, 5) is 6.89. The molecule has 30 heavy (non-hydrogen) atoms. The highest BCUT2D eigenvalue weighted by Crippen LogP contribution is 2.18. The summed E-state index contributed by atoms with van der Waals surface area (Å²) < 4.78 is 5.20. The van der Waals surface area contributed by atoms with Gasteiger partial charge in [0.15, 0.2) is 5.96 Å². The van der Waals surface area contributed by atoms with E-state index in [1.807, 2.05) is 19.1 Å². The van der Waals surface area contributed by atoms with Gasteiger partial charge in [-0.1, -0.05) is 36.4 Å². The van der Waals surface area contributed by atoms with Crippen LogP contribution in [0.4, 0.5) is 0 Å². The van der Waals surface area contributed by atoms with Gasteiger partial charge in [0.1, 0.15) is 5.75 Å². The molecule has 0 bridgehead atoms. The monoisotopic (exact) mass is 410 g/mol. The molecule has 6 nitrogen and oxygen atoms in total. The largest absolute Gasteiger partial charge is 0.497 e. The van der Waals surface area contributed by atoms with Crippen LogP contribution in [-0.4, -0.2) is 61.9 Å². The molecule has 0 spiro atoms. The maximum Gasteiger partial charge on any atom is 0.191 e. The molecule has 3 N–H and O–H groups in total. The van der Waals surface area contributed by atoms with Crippen LogP contribution in [0.1, 0.15) is 23.6 Å². The van der Waals surface area contributed by atoms with Crippen LogP contribution in [0.25, 0.3) is 0 Å². The fraction of sp³-hybridized carbons (Fsp3) is 0.458. The smallest absolute Gasteiger partial charge is 0.191 e. The molecule has 0 saturated heterocycles. The minimum atomic E-state index is -0.479. The first-order valence-corrected chi connectivity index (χ1v) is 10.8. The van der Waals surface area contributed by atoms with E-state index in [1.165, 1.54) is 16.7 Å². The Bertz CT molecular complexity index is 807. The van der Waals surface area contributed by atoms with Crippen molar-refractivity contribution in [2.45, 2.75) is 32.4 Å². The van der Waals surface area contributed by atoms with E-state index >= 15 is 0 Å². The first kappa shape index (κ1) is 22.1. The SMILES string of the molecule is CCNC(=NCC(O)CN1CCc2ccccc2C1)NCCc1ccc(OC)cc1. The topological polar surface area (TPSA) is 69.1 Å². The van der Waals surface area contributed by atoms with E-state index in [4.69, 9.17) is 4.74 Å². The van der Waals surface area contributed by atoms with E-state index in [9.17, 15) is 5.11 Å². The molecule has 6 heteroatoms. The van der Waals surface area contributed by atoms with Gasteiger partial charge >= 0.3 is 0 Å². The molecule has 2 aromatic rings. The molecule has 1 heterocycles. The molecule has 1 aliphatic rings. The minimum Gasteiger partial charge on any atom is -0.497 e. The van der Waals surface area contributed by atoms with Gasteiger partial charge < -0.3 is 20.5 Å². The lowest BCUT2D eigenvalue weighted by Crippen LogP contribution is -2.40. The number of rotatable bonds is 9. The van der Waals surface area contributed by atoms with Crippen molar-refractivity contribution in [1.82, 2.24) is 15.5 Å². The van der Waals surface area contributed by atoms with E-state index < -0.39 is 6.10 Å². The Morgan fingerprint density at radius 2 is 1.90 bits per heavy atom. The number of aliphatic imine (C=N–C) groups is 1. The van der Waals surface area contributed by atoms with Crippen LogP contribution in [0.3, 0.4) is 0 Å². The van der Waals surface area contributed by atoms with Gasteiger partial charge in [0.05, 0.1) is 19.8 Å². The second kappa shape index (κ2) is 11.6. The zero-order valence-electron chi connectivity index (χ0n) is 18.1. The van der Waals surface area contributed by atoms with Gasteiger partial charge in [0, 0.05) is 32.7 Å². The average Bonchev–Trinajstić information content (AvgIpc) is 2.78. The number of guanidine groups is 1. The first-order chi connectivity index (χ1) is 14.7. The predicted octanol–water partition coefficient (Wildman–Crippen LogP) is 2.21. The number of nitrogens with zero attached hydrogens (tertiary/aromatic N) is 2. The summed E-state index contributed by atoms with van der Waals surface area (Å²) in [5.41, 5.74) is 4.04. The average molecular weight is 411 g/mol. The fourth-order valence-corrected chi connectivity index (χ4v) is 3.72. The fourth-order valence-electron chi connectivity index (χ4n) is 3.72. The van der Waals surface area contributed by atoms with Crippen LogP contribution >= 0.6 is 0 Å². The van der Waals surface area contributed by atoms with E-state index in [0.717, 1.165) is 50.7 Å². The zero-order valence-corrected chi connectivity index (χ0v) is 18.1. The highest BCUT2D eigenvalue weighted by atomic mass is 16.5. The zero-order chi connectivity index (χ0) is 21.2. The maximum absolute atomic E-state index is 10.5. The number of aliphatic hydroxyl groups is 1. The third-order valence-corrected chi connectivity index (χ3v) is 5.35. The van der Waals surface area contributed by atoms with E-state index in [1.54, 1.807) is 7.11 Å². The standard InChI is InChI=1S/C24H34N4O2/c1-3-25-24(26-14-12-19-8-10-23(30-2)11-9-19)27-16-22(29)18-28-15-13-20-6-4-5-7-21(20)17-28/h4-11,22,29H,3,12-18H2,1-2H3,(H2,25,26,27). The Labute approximate surface area is 180 Å². The Hall–Kier alpha value is -2.57. The lowest BCUT2D eigenvalue weighted by atomic mass is 10.00. The van der Waals surface area contributed by atoms with Gasteiger partial charge in [-0.05, 0) is 48.6 Å². The molecule has 0 aliphatic carbocycles. The summed E-state index contributed by atoms with van der Waals surface area (Å²) in [7, 11) is 1.67. The molecule has 0 saturated carbocycles. The van der Waals surface area contributed by atoms with Crippen molar-refractivity contribution < 1.29 is 9.84 Å². The lowest BCUT2D eigenvalue weighted by Gasteiger charge is -2.30. The number of methoxy groups -OCH3 is 1. The van der Waals surface area contributed by atoms with Crippen molar-refractivity contribution in [3.05, 3.63) is 65.2 Å². The van der Waals surface area contributed by atoms with Crippen molar-refractivity contribution in [2.24, 2.45) is 4.99 Å². The number of benzene rings is 2. The van der Waals surface area contributed by atoms with E-state index in [-0.39, 0.29) is 0 Å². The number of β-amino-alcohol motifs (C(OH)–C–C–N with tert-alkyl or cyclic N) is 1. The summed E-state index contributed by atoms with van der Waals surface area (Å²) >= 11 is 0. The van der Waals surface area contributed by atoms with Crippen LogP contribution in [0.5, 0.6) is 5.75 Å². The summed E-state index contributed by atoms with van der Waals surface area (Å²) in [6.07, 6.45) is 1.46. The second-order valence-corrected chi connectivity index (χ2v) is 7.65. The molecule has 0 radical (unpaired) electrons. The van der Waals surface area contributed by atoms with E-state index in [2.05, 4.69) is 56.9 Å². The minimum absolute atomic E-state index is 0.385. The molecular weight excluding hydrogens is 376 g/mol. The Kier molecular flexibility index (Phi) is 8.53. The highest BCUT2D eigenvalue weighted by Gasteiger charge is 2.18. The molecular formula is C24H34N4O2. The number of fused-ring (bicyclic) bond motifs is 1. The molecule has 1 aliphatic heterocycles. The highest BCUT2D eigenvalue weighted by molar-refractivity contribution is 5.79. The van der Waals surface area contributed by atoms with Crippen LogP contribution < -0.4 is 15.4 Å². The van der Waals surface area contributed by atoms with Crippen molar-refractivity contribution in [3.63, 3.8) is 0 Å². The van der Waals surface area contributed by atoms with Gasteiger partial charge in [-0.25, -0.2) is 0 Å². The Morgan fingerprint density at radius 3 is 2.63 bits per heavy atom. The number of ether oxygens (including phenoxy) is 1. The molecule has 1 unspecified atom stereocenters. The third-order valence-electron chi connectivity index (χ3n) is 5.35. The molecule has 162 valence electrons. The van der Waals surface area contributed by atoms with Gasteiger partial charge in [0.25, 0.3) is 0 Å². The number of hydrogen-bond acceptors (Lipinski definition) is 4. The molecule has 3 rings (SSSR count). The maximum atomic E-state index is 10.5. The summed E-state index contributed by atoms with van der Waals surface area (Å²) in [5, 5.41) is 17.1. The van der Waals surface area contributed by atoms with Crippen molar-refractivity contribution in [3.8, 4) is 5.75 Å². The van der Waals surface area contributed by atoms with Crippen molar-refractivity contribution in [1.29, 1.82) is 0 Å². The summed E-state index contributed by atoms with van der Waals surface area (Å²) in [6.45, 7) is 6.51. The Morgan fingerprint density at radius 1 is 1.13 bits per heavy atom. The molecule has 0 amide bonds. The van der Waals surface area contributed by atoms with Crippen molar-refractivity contribution in [2.75, 3.05) is 39.8 Å². The summed E-state index contributed by atoms with van der Waals surface area (Å²) in [6, 6.07) is 16.7. The number of aliphatic hydroxyl groups excluding tert-OH is 1. The third kappa shape index (κ3) is 6.75. The van der Waals surface area contributed by atoms with Crippen LogP contribution in [0.15, 0.2) is 53.5 Å². The number of nitrogens with one attached hydrogen (secondary N) is 2. The van der Waals surface area contributed by atoms with Gasteiger partial charge in [0.2, 0.25) is 0 Å². The Balaban J connectivity index is 1.44. The van der Waals surface area contributed by atoms with E-state index in [0.29, 0.717) is 13.1 Å². The van der Waals surface area contributed by atoms with Gasteiger partial charge in [-0.15, -0.1) is 0 Å². The number of hydrogen-bond donors (Lipinski definition) is 3. The van der Waals surface area contributed by atoms with Crippen LogP contribution in [0.2, 0.25) is 0 Å². The van der Waals surface area contributed by atoms with Crippen molar-refractivity contribution >= 4 is 5.96 Å². The second-order valence-electron chi connectivity index (χ2n) is 7.65. The molecule has 0 aromatic heterocycles. The van der Waals surface area contributed by atoms with Crippen LogP contribution in [0, 0.1) is 0 Å².